The van der Waals surface area contributed by atoms with Crippen molar-refractivity contribution in [2.75, 3.05) is 13.2 Å². The predicted molar refractivity (Wildman–Crippen MR) is 70.2 cm³/mol. The Balaban J connectivity index is 3.33. The maximum absolute atomic E-state index is 12.2. The molecule has 0 atom stereocenters. The van der Waals surface area contributed by atoms with Gasteiger partial charge < -0.3 is 9.47 Å². The molecule has 1 aliphatic heterocycles. The van der Waals surface area contributed by atoms with Crippen LogP contribution < -0.4 is 0 Å². The average Bonchev–Trinajstić information content (AvgIpc) is 2.79. The van der Waals surface area contributed by atoms with Crippen LogP contribution in [0.25, 0.3) is 0 Å². The van der Waals surface area contributed by atoms with E-state index in [2.05, 4.69) is 0 Å². The fourth-order valence-electron chi connectivity index (χ4n) is 1.86. The molecule has 1 heterocycles. The van der Waals surface area contributed by atoms with E-state index >= 15 is 0 Å². The fraction of sp³-hybridized carbons (Fsp3) is 0.538. The van der Waals surface area contributed by atoms with Gasteiger partial charge in [-0.15, -0.1) is 0 Å². The maximum Gasteiger partial charge on any atom is 0.332 e. The van der Waals surface area contributed by atoms with Crippen LogP contribution in [0.2, 0.25) is 0 Å². The van der Waals surface area contributed by atoms with E-state index in [4.69, 9.17) is 9.47 Å². The summed E-state index contributed by atoms with van der Waals surface area (Å²) in [7, 11) is 0. The number of hydrogen-bond acceptors (Lipinski definition) is 6. The lowest BCUT2D eigenvalue weighted by atomic mass is 10.3. The Labute approximate surface area is 122 Å². The quantitative estimate of drug-likeness (QED) is 0.355. The summed E-state index contributed by atoms with van der Waals surface area (Å²) in [5, 5.41) is 1.18. The van der Waals surface area contributed by atoms with Crippen molar-refractivity contribution in [1.29, 1.82) is 0 Å². The number of ether oxygens (including phenoxy) is 2. The summed E-state index contributed by atoms with van der Waals surface area (Å²) in [5.74, 6) is -4.29. The van der Waals surface area contributed by atoms with Gasteiger partial charge in [0.05, 0.1) is 0 Å². The highest BCUT2D eigenvalue weighted by Gasteiger charge is 2.49. The van der Waals surface area contributed by atoms with Gasteiger partial charge >= 0.3 is 5.91 Å². The predicted octanol–water partition coefficient (Wildman–Crippen LogP) is -0.00930. The van der Waals surface area contributed by atoms with Gasteiger partial charge in [-0.3, -0.25) is 19.2 Å². The minimum atomic E-state index is -2.14. The van der Waals surface area contributed by atoms with Crippen LogP contribution in [0, 0.1) is 0 Å². The molecule has 0 saturated carbocycles. The Morgan fingerprint density at radius 1 is 1.19 bits per heavy atom. The van der Waals surface area contributed by atoms with Gasteiger partial charge in [0.15, 0.2) is 0 Å². The van der Waals surface area contributed by atoms with Crippen molar-refractivity contribution < 1.29 is 28.7 Å². The first-order valence-electron chi connectivity index (χ1n) is 6.60. The van der Waals surface area contributed by atoms with E-state index in [1.54, 1.807) is 13.8 Å². The molecule has 0 fully saturated rings. The fourth-order valence-corrected chi connectivity index (χ4v) is 1.86. The van der Waals surface area contributed by atoms with Gasteiger partial charge in [0.25, 0.3) is 11.8 Å². The Bertz CT molecular complexity index is 449. The molecule has 0 radical (unpaired) electrons. The van der Waals surface area contributed by atoms with E-state index in [-0.39, 0.29) is 25.9 Å². The molecule has 3 amide bonds. The number of imide groups is 1. The summed E-state index contributed by atoms with van der Waals surface area (Å²) < 4.78 is 10.5. The van der Waals surface area contributed by atoms with Crippen LogP contribution >= 0.6 is 0 Å². The number of hydrazine groups is 1. The monoisotopic (exact) mass is 298 g/mol. The van der Waals surface area contributed by atoms with Gasteiger partial charge in [-0.1, -0.05) is 6.92 Å². The Morgan fingerprint density at radius 2 is 1.67 bits per heavy atom. The Morgan fingerprint density at radius 3 is 2.00 bits per heavy atom. The number of amides is 3. The lowest BCUT2D eigenvalue weighted by molar-refractivity contribution is -0.310. The van der Waals surface area contributed by atoms with Crippen LogP contribution in [-0.4, -0.2) is 53.2 Å². The van der Waals surface area contributed by atoms with Crippen molar-refractivity contribution in [3.8, 4) is 0 Å². The number of carbonyl (C=O) groups excluding carboxylic acids is 4. The van der Waals surface area contributed by atoms with Gasteiger partial charge in [0.1, 0.15) is 0 Å². The molecule has 116 valence electrons. The van der Waals surface area contributed by atoms with Crippen molar-refractivity contribution in [2.45, 2.75) is 33.1 Å². The largest absolute Gasteiger partial charge is 0.332 e. The first kappa shape index (κ1) is 17.0. The van der Waals surface area contributed by atoms with Gasteiger partial charge in [0, 0.05) is 31.8 Å². The number of aldehydes is 1. The summed E-state index contributed by atoms with van der Waals surface area (Å²) in [4.78, 5) is 47.3. The van der Waals surface area contributed by atoms with Gasteiger partial charge in [-0.05, 0) is 13.8 Å². The molecule has 1 rings (SSSR count). The standard InChI is InChI=1S/C13H18N2O6/c1-4-10(17)15(14-11(18)7-8-12(14)19)13(9-16,20-5-2)21-6-3/h7-9H,4-6H2,1-3H3. The zero-order valence-corrected chi connectivity index (χ0v) is 12.2. The SMILES string of the molecule is CCOC(C=O)(OCC)N(C(=O)CC)N1C(=O)C=CC1=O. The Kier molecular flexibility index (Phi) is 5.74. The first-order chi connectivity index (χ1) is 9.97. The van der Waals surface area contributed by atoms with E-state index in [0.717, 1.165) is 12.2 Å². The molecule has 0 bridgehead atoms. The molecular formula is C13H18N2O6. The normalized spacial score (nSPS) is 14.7. The summed E-state index contributed by atoms with van der Waals surface area (Å²) in [6.07, 6.45) is 2.22. The smallest absolute Gasteiger partial charge is 0.326 e. The number of rotatable bonds is 8. The van der Waals surface area contributed by atoms with Crippen molar-refractivity contribution >= 4 is 24.0 Å². The summed E-state index contributed by atoms with van der Waals surface area (Å²) in [6.45, 7) is 4.79. The van der Waals surface area contributed by atoms with Gasteiger partial charge in [0.2, 0.25) is 12.2 Å². The van der Waals surface area contributed by atoms with E-state index in [1.807, 2.05) is 0 Å². The van der Waals surface area contributed by atoms with E-state index < -0.39 is 23.6 Å². The lowest BCUT2D eigenvalue weighted by Crippen LogP contribution is -2.65. The van der Waals surface area contributed by atoms with Crippen LogP contribution in [0.3, 0.4) is 0 Å². The van der Waals surface area contributed by atoms with Crippen LogP contribution in [0.15, 0.2) is 12.2 Å². The van der Waals surface area contributed by atoms with Crippen LogP contribution in [-0.2, 0) is 28.7 Å². The second kappa shape index (κ2) is 7.09. The maximum atomic E-state index is 12.2. The molecular weight excluding hydrogens is 280 g/mol. The molecule has 0 aromatic heterocycles. The third-order valence-corrected chi connectivity index (χ3v) is 2.67. The average molecular weight is 298 g/mol. The highest BCUT2D eigenvalue weighted by Crippen LogP contribution is 2.24. The van der Waals surface area contributed by atoms with Crippen molar-refractivity contribution in [1.82, 2.24) is 10.0 Å². The zero-order valence-electron chi connectivity index (χ0n) is 12.2. The van der Waals surface area contributed by atoms with Gasteiger partial charge in [-0.25, -0.2) is 0 Å². The molecule has 8 nitrogen and oxygen atoms in total. The van der Waals surface area contributed by atoms with Crippen molar-refractivity contribution in [3.05, 3.63) is 12.2 Å². The summed E-state index contributed by atoms with van der Waals surface area (Å²) in [6, 6.07) is 0. The molecule has 8 heteroatoms. The summed E-state index contributed by atoms with van der Waals surface area (Å²) in [5.41, 5.74) is 0. The van der Waals surface area contributed by atoms with Gasteiger partial charge in [-0.2, -0.15) is 10.0 Å². The minimum absolute atomic E-state index is 0.0376. The first-order valence-corrected chi connectivity index (χ1v) is 6.60. The molecule has 0 aliphatic carbocycles. The highest BCUT2D eigenvalue weighted by atomic mass is 16.7. The molecule has 0 spiro atoms. The van der Waals surface area contributed by atoms with E-state index in [1.165, 1.54) is 6.92 Å². The Hall–Kier alpha value is -2.06. The molecule has 21 heavy (non-hydrogen) atoms. The molecule has 0 N–H and O–H groups in total. The zero-order chi connectivity index (χ0) is 16.0. The van der Waals surface area contributed by atoms with Crippen molar-refractivity contribution in [2.24, 2.45) is 0 Å². The number of hydrogen-bond donors (Lipinski definition) is 0. The molecule has 0 unspecified atom stereocenters. The molecule has 0 aromatic carbocycles. The number of carbonyl (C=O) groups is 4. The van der Waals surface area contributed by atoms with E-state index in [9.17, 15) is 19.2 Å². The van der Waals surface area contributed by atoms with Crippen LogP contribution in [0.1, 0.15) is 27.2 Å². The number of nitrogens with zero attached hydrogens (tertiary/aromatic N) is 2. The second-order valence-corrected chi connectivity index (χ2v) is 4.00. The van der Waals surface area contributed by atoms with Crippen LogP contribution in [0.5, 0.6) is 0 Å². The second-order valence-electron chi connectivity index (χ2n) is 4.00. The lowest BCUT2D eigenvalue weighted by Gasteiger charge is -2.41. The van der Waals surface area contributed by atoms with E-state index in [0.29, 0.717) is 10.0 Å². The molecule has 1 aliphatic rings. The van der Waals surface area contributed by atoms with Crippen molar-refractivity contribution in [3.63, 3.8) is 0 Å². The topological polar surface area (TPSA) is 93.2 Å². The molecule has 0 saturated heterocycles. The third-order valence-electron chi connectivity index (χ3n) is 2.67. The summed E-state index contributed by atoms with van der Waals surface area (Å²) >= 11 is 0. The third kappa shape index (κ3) is 3.17. The highest BCUT2D eigenvalue weighted by molar-refractivity contribution is 6.13. The molecule has 0 aromatic rings. The van der Waals surface area contributed by atoms with Crippen LogP contribution in [0.4, 0.5) is 0 Å². The minimum Gasteiger partial charge on any atom is -0.326 e.